The smallest absolute Gasteiger partial charge is 0.406 e. The van der Waals surface area contributed by atoms with Crippen molar-refractivity contribution in [3.63, 3.8) is 0 Å². The summed E-state index contributed by atoms with van der Waals surface area (Å²) < 4.78 is 41.2. The van der Waals surface area contributed by atoms with E-state index in [0.717, 1.165) is 10.2 Å². The van der Waals surface area contributed by atoms with E-state index in [1.807, 2.05) is 18.2 Å². The Morgan fingerprint density at radius 3 is 2.45 bits per heavy atom. The Bertz CT molecular complexity index is 679. The first-order valence-electron chi connectivity index (χ1n) is 6.02. The predicted octanol–water partition coefficient (Wildman–Crippen LogP) is 5.16. The van der Waals surface area contributed by atoms with Gasteiger partial charge < -0.3 is 15.4 Å². The molecule has 0 saturated carbocycles. The van der Waals surface area contributed by atoms with E-state index in [1.54, 1.807) is 12.1 Å². The zero-order valence-corrected chi connectivity index (χ0v) is 13.3. The van der Waals surface area contributed by atoms with Crippen LogP contribution in [-0.2, 0) is 0 Å². The van der Waals surface area contributed by atoms with Crippen molar-refractivity contribution in [1.82, 2.24) is 0 Å². The molecule has 22 heavy (non-hydrogen) atoms. The van der Waals surface area contributed by atoms with Crippen molar-refractivity contribution in [3.05, 3.63) is 53.0 Å². The lowest BCUT2D eigenvalue weighted by molar-refractivity contribution is -0.274. The Morgan fingerprint density at radius 1 is 1.05 bits per heavy atom. The highest BCUT2D eigenvalue weighted by Crippen LogP contribution is 2.25. The minimum atomic E-state index is -4.73. The van der Waals surface area contributed by atoms with E-state index in [0.29, 0.717) is 5.69 Å². The third-order valence-electron chi connectivity index (χ3n) is 2.45. The highest BCUT2D eigenvalue weighted by molar-refractivity contribution is 9.10. The maximum Gasteiger partial charge on any atom is 0.573 e. The van der Waals surface area contributed by atoms with Gasteiger partial charge in [0.05, 0.1) is 5.69 Å². The van der Waals surface area contributed by atoms with Gasteiger partial charge in [0, 0.05) is 16.2 Å². The molecule has 0 fully saturated rings. The van der Waals surface area contributed by atoms with Crippen LogP contribution in [0.3, 0.4) is 0 Å². The average Bonchev–Trinajstić information content (AvgIpc) is 2.40. The molecule has 0 radical (unpaired) electrons. The molecule has 0 bridgehead atoms. The number of anilines is 2. The second-order valence-corrected chi connectivity index (χ2v) is 5.40. The molecule has 3 nitrogen and oxygen atoms in total. The SMILES string of the molecule is FC(F)(F)Oc1cccc(NC(=S)Nc2ccccc2Br)c1. The van der Waals surface area contributed by atoms with E-state index >= 15 is 0 Å². The topological polar surface area (TPSA) is 33.3 Å². The second kappa shape index (κ2) is 6.97. The molecule has 0 saturated heterocycles. The number of benzene rings is 2. The van der Waals surface area contributed by atoms with E-state index < -0.39 is 6.36 Å². The number of halogens is 4. The Kier molecular flexibility index (Phi) is 5.25. The molecule has 2 N–H and O–H groups in total. The molecule has 0 aliphatic heterocycles. The molecule has 116 valence electrons. The molecular weight excluding hydrogens is 381 g/mol. The summed E-state index contributed by atoms with van der Waals surface area (Å²) in [6.45, 7) is 0. The van der Waals surface area contributed by atoms with Crippen molar-refractivity contribution < 1.29 is 17.9 Å². The van der Waals surface area contributed by atoms with Gasteiger partial charge >= 0.3 is 6.36 Å². The molecule has 0 unspecified atom stereocenters. The molecule has 8 heteroatoms. The fourth-order valence-electron chi connectivity index (χ4n) is 1.62. The molecule has 0 spiro atoms. The van der Waals surface area contributed by atoms with Crippen molar-refractivity contribution in [2.45, 2.75) is 6.36 Å². The first kappa shape index (κ1) is 16.6. The highest BCUT2D eigenvalue weighted by Gasteiger charge is 2.31. The van der Waals surface area contributed by atoms with Crippen LogP contribution < -0.4 is 15.4 Å². The Hall–Kier alpha value is -1.80. The van der Waals surface area contributed by atoms with Crippen LogP contribution in [0.25, 0.3) is 0 Å². The summed E-state index contributed by atoms with van der Waals surface area (Å²) >= 11 is 8.48. The summed E-state index contributed by atoms with van der Waals surface area (Å²) in [6, 6.07) is 12.8. The van der Waals surface area contributed by atoms with Crippen LogP contribution in [0.1, 0.15) is 0 Å². The van der Waals surface area contributed by atoms with Crippen LogP contribution in [0.15, 0.2) is 53.0 Å². The second-order valence-electron chi connectivity index (χ2n) is 4.13. The lowest BCUT2D eigenvalue weighted by Crippen LogP contribution is -2.20. The normalized spacial score (nSPS) is 10.9. The number of hydrogen-bond donors (Lipinski definition) is 2. The van der Waals surface area contributed by atoms with Gasteiger partial charge in [-0.2, -0.15) is 0 Å². The minimum Gasteiger partial charge on any atom is -0.406 e. The quantitative estimate of drug-likeness (QED) is 0.709. The number of hydrogen-bond acceptors (Lipinski definition) is 2. The van der Waals surface area contributed by atoms with Crippen LogP contribution in [0, 0.1) is 0 Å². The first-order valence-corrected chi connectivity index (χ1v) is 7.22. The van der Waals surface area contributed by atoms with Crippen LogP contribution in [-0.4, -0.2) is 11.5 Å². The molecule has 0 aliphatic rings. The fraction of sp³-hybridized carbons (Fsp3) is 0.0714. The summed E-state index contributed by atoms with van der Waals surface area (Å²) in [4.78, 5) is 0. The highest BCUT2D eigenvalue weighted by atomic mass is 79.9. The molecular formula is C14H10BrF3N2OS. The Labute approximate surface area is 138 Å². The molecule has 2 aromatic carbocycles. The predicted molar refractivity (Wildman–Crippen MR) is 87.1 cm³/mol. The first-order chi connectivity index (χ1) is 10.3. The van der Waals surface area contributed by atoms with E-state index in [4.69, 9.17) is 12.2 Å². The van der Waals surface area contributed by atoms with Crippen molar-refractivity contribution in [1.29, 1.82) is 0 Å². The lowest BCUT2D eigenvalue weighted by Gasteiger charge is -2.13. The molecule has 0 amide bonds. The number of thiocarbonyl (C=S) groups is 1. The van der Waals surface area contributed by atoms with E-state index in [-0.39, 0.29) is 10.9 Å². The third-order valence-corrected chi connectivity index (χ3v) is 3.34. The summed E-state index contributed by atoms with van der Waals surface area (Å²) in [5, 5.41) is 5.98. The molecule has 0 aromatic heterocycles. The van der Waals surface area contributed by atoms with Crippen molar-refractivity contribution >= 4 is 44.6 Å². The van der Waals surface area contributed by atoms with Gasteiger partial charge in [0.1, 0.15) is 5.75 Å². The Balaban J connectivity index is 2.03. The van der Waals surface area contributed by atoms with E-state index in [1.165, 1.54) is 18.2 Å². The van der Waals surface area contributed by atoms with E-state index in [2.05, 4.69) is 31.3 Å². The molecule has 0 atom stereocenters. The molecule has 2 rings (SSSR count). The monoisotopic (exact) mass is 390 g/mol. The summed E-state index contributed by atoms with van der Waals surface area (Å²) in [5.74, 6) is -0.318. The number of ether oxygens (including phenoxy) is 1. The van der Waals surface area contributed by atoms with Gasteiger partial charge in [-0.1, -0.05) is 18.2 Å². The lowest BCUT2D eigenvalue weighted by atomic mass is 10.3. The van der Waals surface area contributed by atoms with E-state index in [9.17, 15) is 13.2 Å². The summed E-state index contributed by atoms with van der Waals surface area (Å²) in [5.41, 5.74) is 1.12. The van der Waals surface area contributed by atoms with Crippen LogP contribution in [0.2, 0.25) is 0 Å². The zero-order valence-electron chi connectivity index (χ0n) is 10.9. The standard InChI is InChI=1S/C14H10BrF3N2OS/c15-11-6-1-2-7-12(11)20-13(22)19-9-4-3-5-10(8-9)21-14(16,17)18/h1-8H,(H2,19,20,22). The number of rotatable bonds is 3. The van der Waals surface area contributed by atoms with Crippen LogP contribution >= 0.6 is 28.1 Å². The average molecular weight is 391 g/mol. The van der Waals surface area contributed by atoms with Gasteiger partial charge in [0.15, 0.2) is 5.11 Å². The number of para-hydroxylation sites is 1. The molecule has 0 aliphatic carbocycles. The number of nitrogens with one attached hydrogen (secondary N) is 2. The molecule has 0 heterocycles. The van der Waals surface area contributed by atoms with Gasteiger partial charge in [-0.3, -0.25) is 0 Å². The van der Waals surface area contributed by atoms with Gasteiger partial charge in [-0.25, -0.2) is 0 Å². The van der Waals surface area contributed by atoms with Gasteiger partial charge in [0.2, 0.25) is 0 Å². The maximum atomic E-state index is 12.2. The largest absolute Gasteiger partial charge is 0.573 e. The zero-order chi connectivity index (χ0) is 16.2. The molecule has 2 aromatic rings. The minimum absolute atomic E-state index is 0.246. The Morgan fingerprint density at radius 2 is 1.77 bits per heavy atom. The van der Waals surface area contributed by atoms with Crippen molar-refractivity contribution in [3.8, 4) is 5.75 Å². The van der Waals surface area contributed by atoms with Crippen molar-refractivity contribution in [2.24, 2.45) is 0 Å². The summed E-state index contributed by atoms with van der Waals surface area (Å²) in [7, 11) is 0. The van der Waals surface area contributed by atoms with Crippen LogP contribution in [0.5, 0.6) is 5.75 Å². The fourth-order valence-corrected chi connectivity index (χ4v) is 2.23. The van der Waals surface area contributed by atoms with Gasteiger partial charge in [-0.15, -0.1) is 13.2 Å². The van der Waals surface area contributed by atoms with Gasteiger partial charge in [-0.05, 0) is 52.4 Å². The summed E-state index contributed by atoms with van der Waals surface area (Å²) in [6.07, 6.45) is -4.73. The van der Waals surface area contributed by atoms with Gasteiger partial charge in [0.25, 0.3) is 0 Å². The van der Waals surface area contributed by atoms with Crippen molar-refractivity contribution in [2.75, 3.05) is 10.6 Å². The third kappa shape index (κ3) is 5.19. The number of alkyl halides is 3. The van der Waals surface area contributed by atoms with Crippen LogP contribution in [0.4, 0.5) is 24.5 Å². The maximum absolute atomic E-state index is 12.2.